The van der Waals surface area contributed by atoms with E-state index in [-0.39, 0.29) is 0 Å². The Kier molecular flexibility index (Phi) is 3.43. The van der Waals surface area contributed by atoms with Gasteiger partial charge in [-0.2, -0.15) is 0 Å². The first-order chi connectivity index (χ1) is 10.8. The molecule has 1 fully saturated rings. The van der Waals surface area contributed by atoms with Gasteiger partial charge in [0.1, 0.15) is 5.75 Å². The SMILES string of the molecule is Oc1ccc2c(c1)CCc1cccnc1C2=C1CCNCC1. The summed E-state index contributed by atoms with van der Waals surface area (Å²) in [7, 11) is 0. The van der Waals surface area contributed by atoms with Crippen LogP contribution in [-0.2, 0) is 12.8 Å². The van der Waals surface area contributed by atoms with Crippen molar-refractivity contribution in [3.63, 3.8) is 0 Å². The molecular weight excluding hydrogens is 272 g/mol. The molecule has 0 atom stereocenters. The maximum Gasteiger partial charge on any atom is 0.115 e. The summed E-state index contributed by atoms with van der Waals surface area (Å²) in [5.41, 5.74) is 7.76. The summed E-state index contributed by atoms with van der Waals surface area (Å²) in [4.78, 5) is 4.72. The van der Waals surface area contributed by atoms with Crippen LogP contribution < -0.4 is 5.32 Å². The van der Waals surface area contributed by atoms with Gasteiger partial charge in [0.25, 0.3) is 0 Å². The topological polar surface area (TPSA) is 45.2 Å². The fraction of sp³-hybridized carbons (Fsp3) is 0.316. The lowest BCUT2D eigenvalue weighted by Gasteiger charge is -2.21. The van der Waals surface area contributed by atoms with Crippen molar-refractivity contribution in [2.45, 2.75) is 25.7 Å². The molecule has 2 N–H and O–H groups in total. The number of phenols is 1. The lowest BCUT2D eigenvalue weighted by molar-refractivity contribution is 0.474. The van der Waals surface area contributed by atoms with E-state index in [2.05, 4.69) is 17.4 Å². The number of fused-ring (bicyclic) bond motifs is 2. The van der Waals surface area contributed by atoms with E-state index < -0.39 is 0 Å². The number of aryl methyl sites for hydroxylation is 2. The minimum Gasteiger partial charge on any atom is -0.508 e. The van der Waals surface area contributed by atoms with Crippen molar-refractivity contribution in [2.24, 2.45) is 0 Å². The van der Waals surface area contributed by atoms with Gasteiger partial charge in [-0.1, -0.05) is 17.7 Å². The smallest absolute Gasteiger partial charge is 0.115 e. The summed E-state index contributed by atoms with van der Waals surface area (Å²) >= 11 is 0. The van der Waals surface area contributed by atoms with E-state index in [4.69, 9.17) is 4.98 Å². The first-order valence-corrected chi connectivity index (χ1v) is 8.02. The largest absolute Gasteiger partial charge is 0.508 e. The molecule has 2 heterocycles. The molecule has 4 rings (SSSR count). The van der Waals surface area contributed by atoms with Crippen LogP contribution in [0, 0.1) is 0 Å². The molecule has 2 aliphatic rings. The van der Waals surface area contributed by atoms with Gasteiger partial charge in [0.05, 0.1) is 5.69 Å². The van der Waals surface area contributed by atoms with Crippen molar-refractivity contribution >= 4 is 5.57 Å². The van der Waals surface area contributed by atoms with E-state index in [0.717, 1.165) is 44.5 Å². The number of aromatic nitrogens is 1. The Bertz CT molecular complexity index is 741. The highest BCUT2D eigenvalue weighted by Crippen LogP contribution is 2.37. The average Bonchev–Trinajstić information content (AvgIpc) is 2.72. The summed E-state index contributed by atoms with van der Waals surface area (Å²) < 4.78 is 0. The molecule has 2 aromatic rings. The van der Waals surface area contributed by atoms with Crippen LogP contribution in [0.4, 0.5) is 0 Å². The molecular formula is C19H20N2O. The van der Waals surface area contributed by atoms with E-state index in [1.54, 1.807) is 6.07 Å². The van der Waals surface area contributed by atoms with Crippen molar-refractivity contribution in [1.29, 1.82) is 0 Å². The van der Waals surface area contributed by atoms with Gasteiger partial charge in [-0.05, 0) is 73.7 Å². The van der Waals surface area contributed by atoms with Gasteiger partial charge in [-0.15, -0.1) is 0 Å². The molecule has 1 saturated heterocycles. The molecule has 0 amide bonds. The quantitative estimate of drug-likeness (QED) is 0.784. The Morgan fingerprint density at radius 2 is 1.77 bits per heavy atom. The van der Waals surface area contributed by atoms with Crippen molar-refractivity contribution < 1.29 is 5.11 Å². The predicted molar refractivity (Wildman–Crippen MR) is 87.9 cm³/mol. The van der Waals surface area contributed by atoms with Gasteiger partial charge < -0.3 is 10.4 Å². The van der Waals surface area contributed by atoms with Crippen LogP contribution in [0.2, 0.25) is 0 Å². The number of pyridine rings is 1. The second-order valence-electron chi connectivity index (χ2n) is 6.08. The average molecular weight is 292 g/mol. The second kappa shape index (κ2) is 5.58. The summed E-state index contributed by atoms with van der Waals surface area (Å²) in [6.07, 6.45) is 5.98. The fourth-order valence-electron chi connectivity index (χ4n) is 3.63. The molecule has 22 heavy (non-hydrogen) atoms. The molecule has 112 valence electrons. The number of aromatic hydroxyl groups is 1. The molecule has 3 heteroatoms. The molecule has 0 bridgehead atoms. The van der Waals surface area contributed by atoms with Gasteiger partial charge in [-0.3, -0.25) is 4.98 Å². The lowest BCUT2D eigenvalue weighted by atomic mass is 9.89. The molecule has 0 spiro atoms. The fourth-order valence-corrected chi connectivity index (χ4v) is 3.63. The van der Waals surface area contributed by atoms with Crippen molar-refractivity contribution in [3.8, 4) is 5.75 Å². The highest BCUT2D eigenvalue weighted by molar-refractivity contribution is 5.84. The molecule has 0 radical (unpaired) electrons. The number of nitrogens with one attached hydrogen (secondary N) is 1. The highest BCUT2D eigenvalue weighted by Gasteiger charge is 2.23. The van der Waals surface area contributed by atoms with Crippen LogP contribution in [0.15, 0.2) is 42.1 Å². The van der Waals surface area contributed by atoms with E-state index in [1.165, 1.54) is 27.8 Å². The normalized spacial score (nSPS) is 17.6. The van der Waals surface area contributed by atoms with Crippen molar-refractivity contribution in [3.05, 3.63) is 64.5 Å². The Hall–Kier alpha value is -2.13. The minimum atomic E-state index is 0.354. The zero-order valence-electron chi connectivity index (χ0n) is 12.6. The molecule has 1 aliphatic heterocycles. The van der Waals surface area contributed by atoms with E-state index in [0.29, 0.717) is 5.75 Å². The third-order valence-electron chi connectivity index (χ3n) is 4.71. The van der Waals surface area contributed by atoms with Gasteiger partial charge in [0, 0.05) is 11.8 Å². The van der Waals surface area contributed by atoms with E-state index in [9.17, 15) is 5.11 Å². The van der Waals surface area contributed by atoms with Crippen LogP contribution in [-0.4, -0.2) is 23.2 Å². The lowest BCUT2D eigenvalue weighted by Crippen LogP contribution is -2.24. The summed E-state index contributed by atoms with van der Waals surface area (Å²) in [5.74, 6) is 0.354. The monoisotopic (exact) mass is 292 g/mol. The Labute approximate surface area is 130 Å². The van der Waals surface area contributed by atoms with Gasteiger partial charge in [-0.25, -0.2) is 0 Å². The number of hydrogen-bond acceptors (Lipinski definition) is 3. The first kappa shape index (κ1) is 13.5. The van der Waals surface area contributed by atoms with Crippen molar-refractivity contribution in [2.75, 3.05) is 13.1 Å². The third-order valence-corrected chi connectivity index (χ3v) is 4.71. The van der Waals surface area contributed by atoms with Crippen LogP contribution in [0.3, 0.4) is 0 Å². The summed E-state index contributed by atoms with van der Waals surface area (Å²) in [6.45, 7) is 2.07. The second-order valence-corrected chi connectivity index (χ2v) is 6.08. The molecule has 0 unspecified atom stereocenters. The maximum atomic E-state index is 9.85. The van der Waals surface area contributed by atoms with Crippen LogP contribution >= 0.6 is 0 Å². The predicted octanol–water partition coefficient (Wildman–Crippen LogP) is 3.07. The first-order valence-electron chi connectivity index (χ1n) is 8.02. The molecule has 1 aliphatic carbocycles. The molecule has 3 nitrogen and oxygen atoms in total. The third kappa shape index (κ3) is 2.32. The minimum absolute atomic E-state index is 0.354. The number of piperidine rings is 1. The number of hydrogen-bond donors (Lipinski definition) is 2. The highest BCUT2D eigenvalue weighted by atomic mass is 16.3. The van der Waals surface area contributed by atoms with Crippen LogP contribution in [0.25, 0.3) is 5.57 Å². The molecule has 1 aromatic heterocycles. The Balaban J connectivity index is 1.98. The maximum absolute atomic E-state index is 9.85. The van der Waals surface area contributed by atoms with E-state index in [1.807, 2.05) is 18.3 Å². The zero-order chi connectivity index (χ0) is 14.9. The molecule has 1 aromatic carbocycles. The van der Waals surface area contributed by atoms with Crippen molar-refractivity contribution in [1.82, 2.24) is 10.3 Å². The zero-order valence-corrected chi connectivity index (χ0v) is 12.6. The number of phenolic OH excluding ortho intramolecular Hbond substituents is 1. The van der Waals surface area contributed by atoms with Crippen LogP contribution in [0.1, 0.15) is 35.2 Å². The summed E-state index contributed by atoms with van der Waals surface area (Å²) in [5, 5.41) is 13.3. The van der Waals surface area contributed by atoms with Crippen LogP contribution in [0.5, 0.6) is 5.75 Å². The Morgan fingerprint density at radius 3 is 2.64 bits per heavy atom. The summed E-state index contributed by atoms with van der Waals surface area (Å²) in [6, 6.07) is 10.0. The van der Waals surface area contributed by atoms with Gasteiger partial charge >= 0.3 is 0 Å². The Morgan fingerprint density at radius 1 is 0.955 bits per heavy atom. The number of nitrogens with zero attached hydrogens (tertiary/aromatic N) is 1. The molecule has 0 saturated carbocycles. The van der Waals surface area contributed by atoms with Gasteiger partial charge in [0.15, 0.2) is 0 Å². The number of benzene rings is 1. The van der Waals surface area contributed by atoms with E-state index >= 15 is 0 Å². The standard InChI is InChI=1S/C19H20N2O/c22-16-5-6-17-15(12-16)4-3-14-2-1-9-21-19(14)18(17)13-7-10-20-11-8-13/h1-2,5-6,9,12,20,22H,3-4,7-8,10-11H2. The number of rotatable bonds is 0. The van der Waals surface area contributed by atoms with Gasteiger partial charge in [0.2, 0.25) is 0 Å².